The molecule has 0 aliphatic heterocycles. The summed E-state index contributed by atoms with van der Waals surface area (Å²) in [6.07, 6.45) is 0. The van der Waals surface area contributed by atoms with Gasteiger partial charge in [0.25, 0.3) is 11.5 Å². The van der Waals surface area contributed by atoms with Gasteiger partial charge in [-0.2, -0.15) is 0 Å². The van der Waals surface area contributed by atoms with Crippen LogP contribution in [0.3, 0.4) is 0 Å². The Morgan fingerprint density at radius 3 is 2.47 bits per heavy atom. The molecule has 1 aromatic heterocycles. The van der Waals surface area contributed by atoms with E-state index < -0.39 is 17.2 Å². The first-order valence-corrected chi connectivity index (χ1v) is 10.1. The van der Waals surface area contributed by atoms with Crippen molar-refractivity contribution in [1.29, 1.82) is 0 Å². The van der Waals surface area contributed by atoms with Crippen LogP contribution < -0.4 is 21.9 Å². The van der Waals surface area contributed by atoms with Crippen molar-refractivity contribution in [3.63, 3.8) is 0 Å². The molecule has 0 atom stereocenters. The van der Waals surface area contributed by atoms with Crippen LogP contribution in [-0.2, 0) is 29.2 Å². The number of hydrogen-bond acceptors (Lipinski definition) is 6. The third-order valence-corrected chi connectivity index (χ3v) is 4.76. The molecule has 3 rings (SSSR count). The van der Waals surface area contributed by atoms with Crippen molar-refractivity contribution in [2.24, 2.45) is 0 Å². The van der Waals surface area contributed by atoms with Crippen LogP contribution in [0.5, 0.6) is 0 Å². The molecule has 3 N–H and O–H groups in total. The predicted molar refractivity (Wildman–Crippen MR) is 122 cm³/mol. The van der Waals surface area contributed by atoms with Crippen LogP contribution in [0.4, 0.5) is 11.5 Å². The molecule has 0 radical (unpaired) electrons. The lowest BCUT2D eigenvalue weighted by atomic mass is 10.1. The Bertz CT molecular complexity index is 1170. The van der Waals surface area contributed by atoms with Gasteiger partial charge in [-0.05, 0) is 23.3 Å². The SMILES string of the molecule is COCCn1c(NC(=O)c2cccc(COC)c2)c(NCc2ccccc2)c(=O)[nH]c1=O. The summed E-state index contributed by atoms with van der Waals surface area (Å²) in [4.78, 5) is 40.4. The number of aromatic amines is 1. The Hall–Kier alpha value is -3.69. The van der Waals surface area contributed by atoms with Crippen LogP contribution >= 0.6 is 0 Å². The Kier molecular flexibility index (Phi) is 7.96. The third kappa shape index (κ3) is 5.71. The molecule has 9 heteroatoms. The fraction of sp³-hybridized carbons (Fsp3) is 0.261. The zero-order valence-corrected chi connectivity index (χ0v) is 18.0. The van der Waals surface area contributed by atoms with Crippen molar-refractivity contribution in [2.75, 3.05) is 31.5 Å². The van der Waals surface area contributed by atoms with Crippen molar-refractivity contribution in [2.45, 2.75) is 19.7 Å². The molecule has 0 saturated heterocycles. The van der Waals surface area contributed by atoms with Crippen LogP contribution in [0.25, 0.3) is 0 Å². The number of hydrogen-bond donors (Lipinski definition) is 3. The van der Waals surface area contributed by atoms with Crippen LogP contribution in [0, 0.1) is 0 Å². The number of nitrogens with zero attached hydrogens (tertiary/aromatic N) is 1. The maximum Gasteiger partial charge on any atom is 0.330 e. The first-order chi connectivity index (χ1) is 15.5. The second-order valence-electron chi connectivity index (χ2n) is 7.05. The molecule has 9 nitrogen and oxygen atoms in total. The molecular formula is C23H26N4O5. The number of carbonyl (C=O) groups excluding carboxylic acids is 1. The highest BCUT2D eigenvalue weighted by atomic mass is 16.5. The predicted octanol–water partition coefficient (Wildman–Crippen LogP) is 2.19. The molecule has 2 aromatic carbocycles. The van der Waals surface area contributed by atoms with E-state index >= 15 is 0 Å². The average molecular weight is 438 g/mol. The van der Waals surface area contributed by atoms with Crippen LogP contribution in [0.15, 0.2) is 64.2 Å². The van der Waals surface area contributed by atoms with Gasteiger partial charge >= 0.3 is 5.69 Å². The zero-order valence-electron chi connectivity index (χ0n) is 18.0. The van der Waals surface area contributed by atoms with E-state index in [2.05, 4.69) is 15.6 Å². The first-order valence-electron chi connectivity index (χ1n) is 10.1. The summed E-state index contributed by atoms with van der Waals surface area (Å²) in [6, 6.07) is 16.4. The minimum absolute atomic E-state index is 0.0777. The number of methoxy groups -OCH3 is 2. The summed E-state index contributed by atoms with van der Waals surface area (Å²) in [5.41, 5.74) is 0.964. The molecule has 32 heavy (non-hydrogen) atoms. The summed E-state index contributed by atoms with van der Waals surface area (Å²) < 4.78 is 11.5. The van der Waals surface area contributed by atoms with Gasteiger partial charge in [0, 0.05) is 26.3 Å². The molecule has 168 valence electrons. The largest absolute Gasteiger partial charge is 0.383 e. The first kappa shape index (κ1) is 23.0. The van der Waals surface area contributed by atoms with Crippen molar-refractivity contribution in [1.82, 2.24) is 9.55 Å². The standard InChI is InChI=1S/C23H26N4O5/c1-31-12-11-27-20(25-21(28)18-10-6-9-17(13-18)15-32-2)19(22(29)26-23(27)30)24-14-16-7-4-3-5-8-16/h3-10,13,24H,11-12,14-15H2,1-2H3,(H,25,28)(H,26,29,30). The maximum atomic E-state index is 13.0. The molecule has 0 spiro atoms. The van der Waals surface area contributed by atoms with Gasteiger partial charge in [0.2, 0.25) is 0 Å². The minimum atomic E-state index is -0.638. The summed E-state index contributed by atoms with van der Waals surface area (Å²) >= 11 is 0. The lowest BCUT2D eigenvalue weighted by Crippen LogP contribution is -2.36. The molecule has 0 aliphatic rings. The summed E-state index contributed by atoms with van der Waals surface area (Å²) in [5.74, 6) is -0.379. The quantitative estimate of drug-likeness (QED) is 0.447. The maximum absolute atomic E-state index is 13.0. The highest BCUT2D eigenvalue weighted by molar-refractivity contribution is 6.05. The third-order valence-electron chi connectivity index (χ3n) is 4.76. The lowest BCUT2D eigenvalue weighted by molar-refractivity contribution is 0.102. The van der Waals surface area contributed by atoms with Crippen molar-refractivity contribution >= 4 is 17.4 Å². The highest BCUT2D eigenvalue weighted by Crippen LogP contribution is 2.18. The fourth-order valence-electron chi connectivity index (χ4n) is 3.20. The molecule has 0 unspecified atom stereocenters. The Morgan fingerprint density at radius 1 is 1.00 bits per heavy atom. The number of rotatable bonds is 10. The number of aromatic nitrogens is 2. The monoisotopic (exact) mass is 438 g/mol. The topological polar surface area (TPSA) is 114 Å². The van der Waals surface area contributed by atoms with E-state index in [0.717, 1.165) is 11.1 Å². The Labute approximate surface area is 185 Å². The fourth-order valence-corrected chi connectivity index (χ4v) is 3.20. The second-order valence-corrected chi connectivity index (χ2v) is 7.05. The summed E-state index contributed by atoms with van der Waals surface area (Å²) in [6.45, 7) is 1.05. The number of carbonyl (C=O) groups is 1. The van der Waals surface area contributed by atoms with Crippen molar-refractivity contribution < 1.29 is 14.3 Å². The van der Waals surface area contributed by atoms with Gasteiger partial charge in [-0.1, -0.05) is 42.5 Å². The number of nitrogens with one attached hydrogen (secondary N) is 3. The normalized spacial score (nSPS) is 10.7. The summed E-state index contributed by atoms with van der Waals surface area (Å²) in [7, 11) is 3.08. The van der Waals surface area contributed by atoms with E-state index in [-0.39, 0.29) is 24.7 Å². The number of ether oxygens (including phenoxy) is 2. The van der Waals surface area contributed by atoms with Crippen molar-refractivity contribution in [3.8, 4) is 0 Å². The van der Waals surface area contributed by atoms with Gasteiger partial charge in [0.1, 0.15) is 11.5 Å². The van der Waals surface area contributed by atoms with E-state index in [4.69, 9.17) is 9.47 Å². The molecule has 0 aliphatic carbocycles. The minimum Gasteiger partial charge on any atom is -0.383 e. The summed E-state index contributed by atoms with van der Waals surface area (Å²) in [5, 5.41) is 5.79. The number of amides is 1. The lowest BCUT2D eigenvalue weighted by Gasteiger charge is -2.18. The Balaban J connectivity index is 1.98. The molecule has 0 saturated carbocycles. The van der Waals surface area contributed by atoms with Crippen LogP contribution in [0.2, 0.25) is 0 Å². The molecule has 1 amide bonds. The zero-order chi connectivity index (χ0) is 22.9. The van der Waals surface area contributed by atoms with Gasteiger partial charge in [-0.15, -0.1) is 0 Å². The molecule has 0 bridgehead atoms. The van der Waals surface area contributed by atoms with E-state index in [0.29, 0.717) is 18.7 Å². The average Bonchev–Trinajstić information content (AvgIpc) is 2.79. The smallest absolute Gasteiger partial charge is 0.330 e. The van der Waals surface area contributed by atoms with Gasteiger partial charge in [0.05, 0.1) is 19.8 Å². The molecule has 3 aromatic rings. The van der Waals surface area contributed by atoms with Gasteiger partial charge in [-0.25, -0.2) is 4.79 Å². The Morgan fingerprint density at radius 2 is 1.75 bits per heavy atom. The van der Waals surface area contributed by atoms with E-state index in [1.165, 1.54) is 11.7 Å². The molecule has 1 heterocycles. The number of benzene rings is 2. The number of anilines is 2. The van der Waals surface area contributed by atoms with Crippen LogP contribution in [-0.4, -0.2) is 36.3 Å². The highest BCUT2D eigenvalue weighted by Gasteiger charge is 2.18. The number of H-pyrrole nitrogens is 1. The molecule has 0 fully saturated rings. The van der Waals surface area contributed by atoms with Gasteiger partial charge in [0.15, 0.2) is 0 Å². The van der Waals surface area contributed by atoms with E-state index in [1.807, 2.05) is 36.4 Å². The van der Waals surface area contributed by atoms with Gasteiger partial charge < -0.3 is 20.1 Å². The molecular weight excluding hydrogens is 412 g/mol. The van der Waals surface area contributed by atoms with E-state index in [1.54, 1.807) is 25.3 Å². The van der Waals surface area contributed by atoms with E-state index in [9.17, 15) is 14.4 Å². The van der Waals surface area contributed by atoms with Crippen molar-refractivity contribution in [3.05, 3.63) is 92.1 Å². The van der Waals surface area contributed by atoms with Crippen LogP contribution in [0.1, 0.15) is 21.5 Å². The second kappa shape index (κ2) is 11.1. The van der Waals surface area contributed by atoms with Gasteiger partial charge in [-0.3, -0.25) is 19.1 Å².